The second-order valence-corrected chi connectivity index (χ2v) is 4.85. The maximum Gasteiger partial charge on any atom is 0.254 e. The van der Waals surface area contributed by atoms with Gasteiger partial charge in [0.05, 0.1) is 11.7 Å². The predicted molar refractivity (Wildman–Crippen MR) is 67.2 cm³/mol. The monoisotopic (exact) mass is 252 g/mol. The van der Waals surface area contributed by atoms with Gasteiger partial charge in [-0.2, -0.15) is 0 Å². The van der Waals surface area contributed by atoms with Gasteiger partial charge in [0.1, 0.15) is 5.82 Å². The van der Waals surface area contributed by atoms with Gasteiger partial charge in [0.25, 0.3) is 5.91 Å². The molecule has 2 N–H and O–H groups in total. The van der Waals surface area contributed by atoms with E-state index < -0.39 is 11.7 Å². The van der Waals surface area contributed by atoms with Crippen LogP contribution in [0.25, 0.3) is 0 Å². The van der Waals surface area contributed by atoms with Crippen molar-refractivity contribution in [1.29, 1.82) is 0 Å². The molecular formula is C13H17FN2O2. The number of hydrogen-bond donors (Lipinski definition) is 2. The van der Waals surface area contributed by atoms with Crippen LogP contribution in [0.2, 0.25) is 0 Å². The molecule has 1 aromatic rings. The van der Waals surface area contributed by atoms with Gasteiger partial charge >= 0.3 is 0 Å². The van der Waals surface area contributed by atoms with E-state index in [2.05, 4.69) is 5.32 Å². The Morgan fingerprint density at radius 3 is 2.61 bits per heavy atom. The fraction of sp³-hybridized carbons (Fsp3) is 0.462. The summed E-state index contributed by atoms with van der Waals surface area (Å²) in [4.78, 5) is 13.6. The third kappa shape index (κ3) is 2.61. The maximum atomic E-state index is 13.8. The zero-order valence-corrected chi connectivity index (χ0v) is 10.5. The van der Waals surface area contributed by atoms with E-state index in [4.69, 9.17) is 5.11 Å². The lowest BCUT2D eigenvalue weighted by molar-refractivity contribution is 0.0561. The molecule has 1 aliphatic rings. The maximum absolute atomic E-state index is 13.8. The normalized spacial score (nSPS) is 22.2. The van der Waals surface area contributed by atoms with E-state index in [1.165, 1.54) is 12.1 Å². The Kier molecular flexibility index (Phi) is 3.52. The van der Waals surface area contributed by atoms with Crippen LogP contribution in [0, 0.1) is 5.82 Å². The Morgan fingerprint density at radius 2 is 2.11 bits per heavy atom. The highest BCUT2D eigenvalue weighted by Gasteiger charge is 2.29. The fourth-order valence-electron chi connectivity index (χ4n) is 1.94. The molecule has 1 aliphatic carbocycles. The summed E-state index contributed by atoms with van der Waals surface area (Å²) in [7, 11) is 3.62. The van der Waals surface area contributed by atoms with Gasteiger partial charge in [-0.15, -0.1) is 0 Å². The van der Waals surface area contributed by atoms with E-state index in [1.807, 2.05) is 14.1 Å². The standard InChI is InChI=1S/C13H17FN2O2/c1-16(2)9-3-4-11(12(14)7-9)13(18)15-8-5-10(17)6-8/h3-4,7-8,10,17H,5-6H2,1-2H3,(H,15,18). The van der Waals surface area contributed by atoms with Crippen LogP contribution >= 0.6 is 0 Å². The zero-order chi connectivity index (χ0) is 13.3. The van der Waals surface area contributed by atoms with Crippen molar-refractivity contribution in [2.45, 2.75) is 25.0 Å². The average Bonchev–Trinajstić information content (AvgIpc) is 2.26. The van der Waals surface area contributed by atoms with E-state index in [1.54, 1.807) is 11.0 Å². The van der Waals surface area contributed by atoms with Gasteiger partial charge in [0.2, 0.25) is 0 Å². The smallest absolute Gasteiger partial charge is 0.254 e. The molecule has 0 bridgehead atoms. The first-order valence-electron chi connectivity index (χ1n) is 5.93. The number of aliphatic hydroxyl groups excluding tert-OH is 1. The molecule has 0 saturated heterocycles. The summed E-state index contributed by atoms with van der Waals surface area (Å²) in [6.45, 7) is 0. The zero-order valence-electron chi connectivity index (χ0n) is 10.5. The topological polar surface area (TPSA) is 52.6 Å². The van der Waals surface area contributed by atoms with Crippen LogP contribution in [-0.4, -0.2) is 37.3 Å². The number of carbonyl (C=O) groups is 1. The molecule has 4 nitrogen and oxygen atoms in total. The first kappa shape index (κ1) is 12.8. The molecule has 0 radical (unpaired) electrons. The van der Waals surface area contributed by atoms with Crippen LogP contribution in [0.5, 0.6) is 0 Å². The van der Waals surface area contributed by atoms with E-state index in [0.717, 1.165) is 0 Å². The third-order valence-corrected chi connectivity index (χ3v) is 3.16. The summed E-state index contributed by atoms with van der Waals surface area (Å²) >= 11 is 0. The number of nitrogens with one attached hydrogen (secondary N) is 1. The third-order valence-electron chi connectivity index (χ3n) is 3.16. The second-order valence-electron chi connectivity index (χ2n) is 4.85. The number of nitrogens with zero attached hydrogens (tertiary/aromatic N) is 1. The van der Waals surface area contributed by atoms with E-state index in [9.17, 15) is 9.18 Å². The van der Waals surface area contributed by atoms with Crippen LogP contribution in [0.1, 0.15) is 23.2 Å². The molecular weight excluding hydrogens is 235 g/mol. The van der Waals surface area contributed by atoms with Crippen molar-refractivity contribution in [3.05, 3.63) is 29.6 Å². The van der Waals surface area contributed by atoms with Gasteiger partial charge in [-0.3, -0.25) is 4.79 Å². The minimum absolute atomic E-state index is 0.0413. The first-order valence-corrected chi connectivity index (χ1v) is 5.93. The van der Waals surface area contributed by atoms with Crippen molar-refractivity contribution < 1.29 is 14.3 Å². The van der Waals surface area contributed by atoms with Crippen LogP contribution in [0.15, 0.2) is 18.2 Å². The first-order chi connectivity index (χ1) is 8.47. The highest BCUT2D eigenvalue weighted by molar-refractivity contribution is 5.95. The molecule has 98 valence electrons. The summed E-state index contributed by atoms with van der Waals surface area (Å²) in [6.07, 6.45) is 0.753. The number of halogens is 1. The summed E-state index contributed by atoms with van der Waals surface area (Å²) < 4.78 is 13.8. The molecule has 1 aromatic carbocycles. The van der Waals surface area contributed by atoms with Crippen molar-refractivity contribution in [2.75, 3.05) is 19.0 Å². The van der Waals surface area contributed by atoms with E-state index in [-0.39, 0.29) is 17.7 Å². The van der Waals surface area contributed by atoms with Gasteiger partial charge in [0, 0.05) is 25.8 Å². The Balaban J connectivity index is 2.06. The van der Waals surface area contributed by atoms with Crippen molar-refractivity contribution in [3.63, 3.8) is 0 Å². The molecule has 2 rings (SSSR count). The number of benzene rings is 1. The van der Waals surface area contributed by atoms with Gasteiger partial charge in [-0.05, 0) is 31.0 Å². The number of carbonyl (C=O) groups excluding carboxylic acids is 1. The number of rotatable bonds is 3. The van der Waals surface area contributed by atoms with Crippen molar-refractivity contribution >= 4 is 11.6 Å². The quantitative estimate of drug-likeness (QED) is 0.848. The molecule has 0 spiro atoms. The molecule has 0 heterocycles. The van der Waals surface area contributed by atoms with Crippen molar-refractivity contribution in [1.82, 2.24) is 5.32 Å². The van der Waals surface area contributed by atoms with E-state index >= 15 is 0 Å². The van der Waals surface area contributed by atoms with Crippen LogP contribution in [-0.2, 0) is 0 Å². The van der Waals surface area contributed by atoms with Crippen LogP contribution in [0.3, 0.4) is 0 Å². The molecule has 0 aromatic heterocycles. The summed E-state index contributed by atoms with van der Waals surface area (Å²) in [6, 6.07) is 4.48. The highest BCUT2D eigenvalue weighted by atomic mass is 19.1. The molecule has 18 heavy (non-hydrogen) atoms. The molecule has 0 atom stereocenters. The Labute approximate surface area is 105 Å². The molecule has 1 fully saturated rings. The molecule has 1 amide bonds. The summed E-state index contributed by atoms with van der Waals surface area (Å²) in [5.41, 5.74) is 0.755. The van der Waals surface area contributed by atoms with Gasteiger partial charge in [-0.25, -0.2) is 4.39 Å². The molecule has 1 saturated carbocycles. The minimum Gasteiger partial charge on any atom is -0.393 e. The van der Waals surface area contributed by atoms with Gasteiger partial charge < -0.3 is 15.3 Å². The fourth-order valence-corrected chi connectivity index (χ4v) is 1.94. The second kappa shape index (κ2) is 4.94. The van der Waals surface area contributed by atoms with Crippen molar-refractivity contribution in [2.24, 2.45) is 0 Å². The van der Waals surface area contributed by atoms with Gasteiger partial charge in [0.15, 0.2) is 0 Å². The lowest BCUT2D eigenvalue weighted by atomic mass is 9.89. The van der Waals surface area contributed by atoms with Crippen LogP contribution < -0.4 is 10.2 Å². The minimum atomic E-state index is -0.529. The van der Waals surface area contributed by atoms with Gasteiger partial charge in [-0.1, -0.05) is 0 Å². The van der Waals surface area contributed by atoms with Crippen LogP contribution in [0.4, 0.5) is 10.1 Å². The molecule has 0 unspecified atom stereocenters. The average molecular weight is 252 g/mol. The lowest BCUT2D eigenvalue weighted by Gasteiger charge is -2.32. The highest BCUT2D eigenvalue weighted by Crippen LogP contribution is 2.21. The molecule has 5 heteroatoms. The SMILES string of the molecule is CN(C)c1ccc(C(=O)NC2CC(O)C2)c(F)c1. The Hall–Kier alpha value is -1.62. The molecule has 0 aliphatic heterocycles. The largest absolute Gasteiger partial charge is 0.393 e. The Bertz CT molecular complexity index is 456. The number of aliphatic hydroxyl groups is 1. The van der Waals surface area contributed by atoms with E-state index in [0.29, 0.717) is 18.5 Å². The predicted octanol–water partition coefficient (Wildman–Crippen LogP) is 1.14. The lowest BCUT2D eigenvalue weighted by Crippen LogP contribution is -2.46. The Morgan fingerprint density at radius 1 is 1.44 bits per heavy atom. The summed E-state index contributed by atoms with van der Waals surface area (Å²) in [5.74, 6) is -0.951. The number of amides is 1. The number of hydrogen-bond acceptors (Lipinski definition) is 3. The van der Waals surface area contributed by atoms with Crippen molar-refractivity contribution in [3.8, 4) is 0 Å². The number of anilines is 1. The summed E-state index contributed by atoms with van der Waals surface area (Å²) in [5, 5.41) is 11.8.